The maximum absolute atomic E-state index is 13.1. The van der Waals surface area contributed by atoms with Gasteiger partial charge in [0.15, 0.2) is 0 Å². The fourth-order valence-electron chi connectivity index (χ4n) is 2.44. The van der Waals surface area contributed by atoms with Gasteiger partial charge < -0.3 is 15.5 Å². The van der Waals surface area contributed by atoms with Crippen molar-refractivity contribution in [2.75, 3.05) is 29.6 Å². The molecule has 5 nitrogen and oxygen atoms in total. The summed E-state index contributed by atoms with van der Waals surface area (Å²) in [6, 6.07) is 14.4. The van der Waals surface area contributed by atoms with Crippen molar-refractivity contribution in [3.05, 3.63) is 66.4 Å². The number of nitrogens with one attached hydrogen (secondary N) is 2. The van der Waals surface area contributed by atoms with E-state index in [-0.39, 0.29) is 17.5 Å². The Kier molecular flexibility index (Phi) is 5.16. The summed E-state index contributed by atoms with van der Waals surface area (Å²) in [7, 11) is 3.89. The van der Waals surface area contributed by atoms with Crippen LogP contribution in [0.1, 0.15) is 5.56 Å². The SMILES string of the molecule is CN(C)c1ccc(Nc2nccc(Nc3ccccc3C(F)(F)F)n2)cc1. The first kappa shape index (κ1) is 18.5. The number of halogens is 3. The predicted octanol–water partition coefficient (Wildman–Crippen LogP) is 5.05. The second-order valence-electron chi connectivity index (χ2n) is 6.00. The van der Waals surface area contributed by atoms with E-state index in [0.29, 0.717) is 0 Å². The van der Waals surface area contributed by atoms with Crippen LogP contribution in [0.2, 0.25) is 0 Å². The zero-order valence-corrected chi connectivity index (χ0v) is 14.7. The Labute approximate surface area is 154 Å². The van der Waals surface area contributed by atoms with E-state index < -0.39 is 11.7 Å². The Balaban J connectivity index is 1.79. The molecule has 0 unspecified atom stereocenters. The van der Waals surface area contributed by atoms with Gasteiger partial charge in [-0.05, 0) is 42.5 Å². The summed E-state index contributed by atoms with van der Waals surface area (Å²) in [4.78, 5) is 10.3. The van der Waals surface area contributed by atoms with Crippen molar-refractivity contribution in [2.24, 2.45) is 0 Å². The highest BCUT2D eigenvalue weighted by molar-refractivity contribution is 5.63. The van der Waals surface area contributed by atoms with Gasteiger partial charge in [0.2, 0.25) is 5.95 Å². The third-order valence-electron chi connectivity index (χ3n) is 3.79. The van der Waals surface area contributed by atoms with Crippen LogP contribution in [0.5, 0.6) is 0 Å². The van der Waals surface area contributed by atoms with Crippen LogP contribution in [0, 0.1) is 0 Å². The van der Waals surface area contributed by atoms with E-state index >= 15 is 0 Å². The predicted molar refractivity (Wildman–Crippen MR) is 101 cm³/mol. The maximum atomic E-state index is 13.1. The molecule has 1 heterocycles. The van der Waals surface area contributed by atoms with Crippen molar-refractivity contribution in [3.63, 3.8) is 0 Å². The van der Waals surface area contributed by atoms with Crippen molar-refractivity contribution >= 4 is 28.8 Å². The second kappa shape index (κ2) is 7.53. The topological polar surface area (TPSA) is 53.1 Å². The van der Waals surface area contributed by atoms with Crippen molar-refractivity contribution in [3.8, 4) is 0 Å². The third-order valence-corrected chi connectivity index (χ3v) is 3.79. The third kappa shape index (κ3) is 4.66. The largest absolute Gasteiger partial charge is 0.418 e. The lowest BCUT2D eigenvalue weighted by Gasteiger charge is -2.15. The highest BCUT2D eigenvalue weighted by Gasteiger charge is 2.33. The number of nitrogens with zero attached hydrogens (tertiary/aromatic N) is 3. The molecule has 0 spiro atoms. The number of para-hydroxylation sites is 1. The molecule has 2 aromatic carbocycles. The van der Waals surface area contributed by atoms with Gasteiger partial charge in [0.05, 0.1) is 11.3 Å². The van der Waals surface area contributed by atoms with Crippen LogP contribution in [0.3, 0.4) is 0 Å². The number of hydrogen-bond acceptors (Lipinski definition) is 5. The Bertz CT molecular complexity index is 908. The Hall–Kier alpha value is -3.29. The van der Waals surface area contributed by atoms with E-state index in [2.05, 4.69) is 20.6 Å². The summed E-state index contributed by atoms with van der Waals surface area (Å²) in [5.74, 6) is 0.538. The summed E-state index contributed by atoms with van der Waals surface area (Å²) >= 11 is 0. The lowest BCUT2D eigenvalue weighted by Crippen LogP contribution is -2.09. The molecule has 0 saturated carbocycles. The summed E-state index contributed by atoms with van der Waals surface area (Å²) < 4.78 is 39.4. The van der Waals surface area contributed by atoms with Crippen LogP contribution >= 0.6 is 0 Å². The van der Waals surface area contributed by atoms with E-state index in [1.165, 1.54) is 30.5 Å². The number of aromatic nitrogens is 2. The number of anilines is 5. The monoisotopic (exact) mass is 373 g/mol. The van der Waals surface area contributed by atoms with E-state index in [9.17, 15) is 13.2 Å². The van der Waals surface area contributed by atoms with Gasteiger partial charge in [-0.25, -0.2) is 4.98 Å². The Morgan fingerprint density at radius 2 is 1.59 bits per heavy atom. The van der Waals surface area contributed by atoms with Crippen LogP contribution in [0.4, 0.5) is 42.0 Å². The number of rotatable bonds is 5. The molecule has 8 heteroatoms. The Morgan fingerprint density at radius 1 is 0.889 bits per heavy atom. The van der Waals surface area contributed by atoms with Gasteiger partial charge in [-0.2, -0.15) is 18.2 Å². The molecule has 0 bridgehead atoms. The molecule has 0 radical (unpaired) electrons. The highest BCUT2D eigenvalue weighted by Crippen LogP contribution is 2.35. The minimum atomic E-state index is -4.45. The standard InChI is InChI=1S/C19H18F3N5/c1-27(2)14-9-7-13(8-10-14)24-18-23-12-11-17(26-18)25-16-6-4-3-5-15(16)19(20,21)22/h3-12H,1-2H3,(H2,23,24,25,26). The molecule has 140 valence electrons. The first-order chi connectivity index (χ1) is 12.8. The molecule has 0 atom stereocenters. The molecule has 0 aliphatic rings. The van der Waals surface area contributed by atoms with Crippen molar-refractivity contribution in [1.82, 2.24) is 9.97 Å². The fourth-order valence-corrected chi connectivity index (χ4v) is 2.44. The van der Waals surface area contributed by atoms with Gasteiger partial charge in [0, 0.05) is 31.7 Å². The number of alkyl halides is 3. The van der Waals surface area contributed by atoms with Crippen LogP contribution in [0.15, 0.2) is 60.8 Å². The molecular weight excluding hydrogens is 355 g/mol. The normalized spacial score (nSPS) is 11.1. The average Bonchev–Trinajstić information content (AvgIpc) is 2.62. The minimum absolute atomic E-state index is 0.0648. The smallest absolute Gasteiger partial charge is 0.378 e. The van der Waals surface area contributed by atoms with Gasteiger partial charge in [-0.3, -0.25) is 0 Å². The summed E-state index contributed by atoms with van der Waals surface area (Å²) in [6.07, 6.45) is -2.98. The number of hydrogen-bond donors (Lipinski definition) is 2. The van der Waals surface area contributed by atoms with E-state index in [1.54, 1.807) is 0 Å². The lowest BCUT2D eigenvalue weighted by molar-refractivity contribution is -0.136. The molecule has 0 amide bonds. The van der Waals surface area contributed by atoms with E-state index in [1.807, 2.05) is 43.3 Å². The molecule has 3 rings (SSSR count). The zero-order valence-electron chi connectivity index (χ0n) is 14.7. The molecule has 27 heavy (non-hydrogen) atoms. The lowest BCUT2D eigenvalue weighted by atomic mass is 10.1. The van der Waals surface area contributed by atoms with Crippen LogP contribution in [-0.2, 0) is 6.18 Å². The minimum Gasteiger partial charge on any atom is -0.378 e. The summed E-state index contributed by atoms with van der Waals surface area (Å²) in [6.45, 7) is 0. The van der Waals surface area contributed by atoms with Crippen LogP contribution in [-0.4, -0.2) is 24.1 Å². The van der Waals surface area contributed by atoms with Crippen molar-refractivity contribution in [1.29, 1.82) is 0 Å². The van der Waals surface area contributed by atoms with Crippen LogP contribution in [0.25, 0.3) is 0 Å². The second-order valence-corrected chi connectivity index (χ2v) is 6.00. The van der Waals surface area contributed by atoms with E-state index in [4.69, 9.17) is 0 Å². The fraction of sp³-hybridized carbons (Fsp3) is 0.158. The van der Waals surface area contributed by atoms with Gasteiger partial charge >= 0.3 is 6.18 Å². The van der Waals surface area contributed by atoms with Crippen molar-refractivity contribution < 1.29 is 13.2 Å². The molecule has 0 aliphatic heterocycles. The quantitative estimate of drug-likeness (QED) is 0.656. The van der Waals surface area contributed by atoms with Crippen LogP contribution < -0.4 is 15.5 Å². The molecule has 3 aromatic rings. The zero-order chi connectivity index (χ0) is 19.4. The van der Waals surface area contributed by atoms with Gasteiger partial charge in [-0.1, -0.05) is 12.1 Å². The van der Waals surface area contributed by atoms with E-state index in [0.717, 1.165) is 17.4 Å². The molecule has 1 aromatic heterocycles. The number of benzene rings is 2. The molecule has 0 saturated heterocycles. The molecule has 0 aliphatic carbocycles. The van der Waals surface area contributed by atoms with Gasteiger partial charge in [0.1, 0.15) is 5.82 Å². The van der Waals surface area contributed by atoms with Gasteiger partial charge in [-0.15, -0.1) is 0 Å². The molecule has 0 fully saturated rings. The average molecular weight is 373 g/mol. The molecule has 2 N–H and O–H groups in total. The summed E-state index contributed by atoms with van der Waals surface area (Å²) in [5, 5.41) is 5.75. The molecular formula is C19H18F3N5. The Morgan fingerprint density at radius 3 is 2.26 bits per heavy atom. The highest BCUT2D eigenvalue weighted by atomic mass is 19.4. The maximum Gasteiger partial charge on any atom is 0.418 e. The first-order valence-electron chi connectivity index (χ1n) is 8.13. The van der Waals surface area contributed by atoms with Gasteiger partial charge in [0.25, 0.3) is 0 Å². The van der Waals surface area contributed by atoms with Crippen molar-refractivity contribution in [2.45, 2.75) is 6.18 Å². The first-order valence-corrected chi connectivity index (χ1v) is 8.13. The summed E-state index contributed by atoms with van der Waals surface area (Å²) in [5.41, 5.74) is 0.997.